The summed E-state index contributed by atoms with van der Waals surface area (Å²) in [5, 5.41) is 0. The molecule has 4 heteroatoms. The van der Waals surface area contributed by atoms with E-state index in [1.165, 1.54) is 12.8 Å². The minimum Gasteiger partial charge on any atom is -0.0884 e. The van der Waals surface area contributed by atoms with Gasteiger partial charge in [0.15, 0.2) is 0 Å². The zero-order valence-corrected chi connectivity index (χ0v) is 13.9. The number of rotatable bonds is 0. The molecule has 4 rings (SSSR count). The Morgan fingerprint density at radius 1 is 0.500 bits per heavy atom. The normalized spacial score (nSPS) is 66.0. The van der Waals surface area contributed by atoms with Gasteiger partial charge in [-0.25, -0.2) is 0 Å². The molecule has 0 N–H and O–H groups in total. The Balaban J connectivity index is 1.98. The Kier molecular flexibility index (Phi) is 2.92. The number of alkyl halides is 4. The summed E-state index contributed by atoms with van der Waals surface area (Å²) in [6.07, 6.45) is 2.73. The van der Waals surface area contributed by atoms with E-state index in [0.717, 1.165) is 43.0 Å². The first kappa shape index (κ1) is 11.0. The largest absolute Gasteiger partial charge is 0.0884 e. The highest BCUT2D eigenvalue weighted by Gasteiger charge is 2.59. The van der Waals surface area contributed by atoms with Crippen LogP contribution in [0.15, 0.2) is 0 Å². The van der Waals surface area contributed by atoms with Crippen molar-refractivity contribution < 1.29 is 0 Å². The van der Waals surface area contributed by atoms with Gasteiger partial charge >= 0.3 is 0 Å². The molecule has 0 aliphatic heterocycles. The Labute approximate surface area is 118 Å². The molecule has 0 aromatic carbocycles. The minimum absolute atomic E-state index is 0.726. The number of hydrogen-bond acceptors (Lipinski definition) is 0. The maximum Gasteiger partial charge on any atom is 0.0224 e. The van der Waals surface area contributed by atoms with E-state index in [-0.39, 0.29) is 0 Å². The van der Waals surface area contributed by atoms with Crippen molar-refractivity contribution in [3.63, 3.8) is 0 Å². The van der Waals surface area contributed by atoms with Crippen LogP contribution in [0.4, 0.5) is 0 Å². The molecule has 0 aromatic heterocycles. The first-order chi connectivity index (χ1) is 6.61. The molecule has 0 unspecified atom stereocenters. The molecule has 4 saturated carbocycles. The number of hydrogen-bond donors (Lipinski definition) is 0. The summed E-state index contributed by atoms with van der Waals surface area (Å²) in [6.45, 7) is 0. The third kappa shape index (κ3) is 1.32. The summed E-state index contributed by atoms with van der Waals surface area (Å²) in [5.74, 6) is 3.41. The molecule has 4 aliphatic carbocycles. The highest BCUT2D eigenvalue weighted by atomic mass is 79.9. The van der Waals surface area contributed by atoms with Gasteiger partial charge in [-0.1, -0.05) is 63.7 Å². The molecule has 14 heavy (non-hydrogen) atoms. The predicted molar refractivity (Wildman–Crippen MR) is 74.1 cm³/mol. The van der Waals surface area contributed by atoms with Crippen LogP contribution in [0.1, 0.15) is 12.8 Å². The van der Waals surface area contributed by atoms with Gasteiger partial charge in [-0.15, -0.1) is 0 Å². The lowest BCUT2D eigenvalue weighted by atomic mass is 9.56. The molecular formula is C10H12Br4. The summed E-state index contributed by atoms with van der Waals surface area (Å²) >= 11 is 15.6. The van der Waals surface area contributed by atoms with E-state index in [4.69, 9.17) is 0 Å². The summed E-state index contributed by atoms with van der Waals surface area (Å²) < 4.78 is 0. The van der Waals surface area contributed by atoms with Gasteiger partial charge in [-0.05, 0) is 36.5 Å². The smallest absolute Gasteiger partial charge is 0.0224 e. The maximum absolute atomic E-state index is 3.90. The van der Waals surface area contributed by atoms with E-state index in [2.05, 4.69) is 63.7 Å². The monoisotopic (exact) mass is 448 g/mol. The molecule has 0 nitrogen and oxygen atoms in total. The van der Waals surface area contributed by atoms with E-state index in [9.17, 15) is 0 Å². The topological polar surface area (TPSA) is 0 Å². The molecule has 4 aliphatic rings. The molecule has 0 atom stereocenters. The fourth-order valence-corrected chi connectivity index (χ4v) is 9.64. The van der Waals surface area contributed by atoms with Crippen LogP contribution in [-0.2, 0) is 0 Å². The van der Waals surface area contributed by atoms with Crippen molar-refractivity contribution in [2.75, 3.05) is 0 Å². The average molecular weight is 452 g/mol. The van der Waals surface area contributed by atoms with Crippen LogP contribution >= 0.6 is 63.7 Å². The lowest BCUT2D eigenvalue weighted by molar-refractivity contribution is 0.0568. The van der Waals surface area contributed by atoms with Gasteiger partial charge in [-0.3, -0.25) is 0 Å². The molecule has 80 valence electrons. The van der Waals surface area contributed by atoms with Crippen molar-refractivity contribution in [1.29, 1.82) is 0 Å². The second-order valence-electron chi connectivity index (χ2n) is 4.90. The van der Waals surface area contributed by atoms with Crippen LogP contribution in [0.3, 0.4) is 0 Å². The van der Waals surface area contributed by atoms with E-state index >= 15 is 0 Å². The van der Waals surface area contributed by atoms with Crippen molar-refractivity contribution in [1.82, 2.24) is 0 Å². The van der Waals surface area contributed by atoms with Gasteiger partial charge in [0, 0.05) is 19.3 Å². The first-order valence-electron chi connectivity index (χ1n) is 5.17. The summed E-state index contributed by atoms with van der Waals surface area (Å²) in [4.78, 5) is 2.90. The summed E-state index contributed by atoms with van der Waals surface area (Å²) in [5.41, 5.74) is 0. The van der Waals surface area contributed by atoms with Crippen LogP contribution in [-0.4, -0.2) is 19.3 Å². The highest BCUT2D eigenvalue weighted by molar-refractivity contribution is 9.11. The van der Waals surface area contributed by atoms with E-state index in [1.54, 1.807) is 0 Å². The zero-order valence-electron chi connectivity index (χ0n) is 7.54. The van der Waals surface area contributed by atoms with Gasteiger partial charge in [0.2, 0.25) is 0 Å². The van der Waals surface area contributed by atoms with Crippen LogP contribution < -0.4 is 0 Å². The molecular weight excluding hydrogens is 440 g/mol. The fraction of sp³-hybridized carbons (Fsp3) is 1.00. The van der Waals surface area contributed by atoms with Gasteiger partial charge in [0.1, 0.15) is 0 Å². The van der Waals surface area contributed by atoms with Crippen molar-refractivity contribution in [3.05, 3.63) is 0 Å². The first-order valence-corrected chi connectivity index (χ1v) is 8.84. The number of halogens is 4. The van der Waals surface area contributed by atoms with Gasteiger partial charge in [0.05, 0.1) is 0 Å². The minimum atomic E-state index is 0.726. The molecule has 0 heterocycles. The Bertz CT molecular complexity index is 191. The molecule has 4 fully saturated rings. The Morgan fingerprint density at radius 2 is 0.714 bits per heavy atom. The Hall–Kier alpha value is 1.92. The van der Waals surface area contributed by atoms with Gasteiger partial charge in [-0.2, -0.15) is 0 Å². The predicted octanol–water partition coefficient (Wildman–Crippen LogP) is 4.33. The van der Waals surface area contributed by atoms with E-state index < -0.39 is 0 Å². The second kappa shape index (κ2) is 3.71. The highest BCUT2D eigenvalue weighted by Crippen LogP contribution is 2.61. The van der Waals surface area contributed by atoms with Crippen LogP contribution in [0.25, 0.3) is 0 Å². The van der Waals surface area contributed by atoms with Crippen LogP contribution in [0.5, 0.6) is 0 Å². The lowest BCUT2D eigenvalue weighted by Gasteiger charge is -2.60. The third-order valence-corrected chi connectivity index (χ3v) is 9.79. The standard InChI is InChI=1S/C10H12Br4/c11-7-3-1-4-9(13)5(7)2-6(8(3)12)10(4)14/h3-10H,1-2H2. The van der Waals surface area contributed by atoms with Crippen LogP contribution in [0, 0.1) is 23.7 Å². The van der Waals surface area contributed by atoms with Crippen molar-refractivity contribution >= 4 is 63.7 Å². The van der Waals surface area contributed by atoms with E-state index in [0.29, 0.717) is 0 Å². The Morgan fingerprint density at radius 3 is 0.929 bits per heavy atom. The molecule has 0 radical (unpaired) electrons. The summed E-state index contributed by atoms with van der Waals surface area (Å²) in [7, 11) is 0. The van der Waals surface area contributed by atoms with Crippen molar-refractivity contribution in [2.45, 2.75) is 32.2 Å². The van der Waals surface area contributed by atoms with Gasteiger partial charge in [0.25, 0.3) is 0 Å². The molecule has 0 amide bonds. The van der Waals surface area contributed by atoms with Crippen molar-refractivity contribution in [3.8, 4) is 0 Å². The molecule has 0 saturated heterocycles. The average Bonchev–Trinajstić information content (AvgIpc) is 2.13. The van der Waals surface area contributed by atoms with E-state index in [1.807, 2.05) is 0 Å². The second-order valence-corrected chi connectivity index (χ2v) is 9.13. The van der Waals surface area contributed by atoms with Gasteiger partial charge < -0.3 is 0 Å². The fourth-order valence-electron chi connectivity index (χ4n) is 3.64. The molecule has 4 bridgehead atoms. The van der Waals surface area contributed by atoms with Crippen LogP contribution in [0.2, 0.25) is 0 Å². The molecule has 0 spiro atoms. The quantitative estimate of drug-likeness (QED) is 0.481. The SMILES string of the molecule is BrC1C2CC3C(Br)C1CC(C2Br)C3Br. The van der Waals surface area contributed by atoms with Crippen molar-refractivity contribution in [2.24, 2.45) is 23.7 Å². The summed E-state index contributed by atoms with van der Waals surface area (Å²) in [6, 6.07) is 0. The zero-order chi connectivity index (χ0) is 10.0. The third-order valence-electron chi connectivity index (χ3n) is 4.36. The lowest BCUT2D eigenvalue weighted by Crippen LogP contribution is -2.61. The molecule has 0 aromatic rings. The maximum atomic E-state index is 3.90.